The summed E-state index contributed by atoms with van der Waals surface area (Å²) in [5.74, 6) is -0.994. The predicted molar refractivity (Wildman–Crippen MR) is 205 cm³/mol. The number of hydrogen-bond acceptors (Lipinski definition) is 8. The van der Waals surface area contributed by atoms with Gasteiger partial charge < -0.3 is 9.84 Å². The molecule has 274 valence electrons. The molecule has 55 heavy (non-hydrogen) atoms. The minimum atomic E-state index is -1.27. The number of H-pyrrole nitrogens is 1. The highest BCUT2D eigenvalue weighted by molar-refractivity contribution is 6.34. The van der Waals surface area contributed by atoms with Crippen LogP contribution in [0.4, 0.5) is 5.95 Å². The second-order valence-corrected chi connectivity index (χ2v) is 14.2. The Morgan fingerprint density at radius 2 is 1.20 bits per heavy atom. The maximum Gasteiger partial charge on any atom is 0.268 e. The third-order valence-electron chi connectivity index (χ3n) is 11.0. The normalized spacial score (nSPS) is 14.1. The molecule has 2 N–H and O–H groups in total. The van der Waals surface area contributed by atoms with Crippen LogP contribution in [-0.2, 0) is 11.0 Å². The Bertz CT molecular complexity index is 2500. The third kappa shape index (κ3) is 5.67. The SMILES string of the molecule is CCC(CC)(c1nc(N2C(=O)c3ccc(-c4ccccc4)cc3C2=O)n[nH]1)N1C(=O)c2ccc(Oc3ccc(C(C)(C)c4ccc(O)cc4)cc3)cc2C1=O. The molecule has 0 atom stereocenters. The molecule has 0 bridgehead atoms. The average Bonchev–Trinajstić information content (AvgIpc) is 3.86. The highest BCUT2D eigenvalue weighted by Gasteiger charge is 2.51. The van der Waals surface area contributed by atoms with Crippen molar-refractivity contribution >= 4 is 29.6 Å². The van der Waals surface area contributed by atoms with Crippen LogP contribution in [0.25, 0.3) is 11.1 Å². The van der Waals surface area contributed by atoms with Gasteiger partial charge in [0.25, 0.3) is 29.6 Å². The summed E-state index contributed by atoms with van der Waals surface area (Å²) >= 11 is 0. The Hall–Kier alpha value is -6.88. The van der Waals surface area contributed by atoms with Gasteiger partial charge in [-0.3, -0.25) is 29.2 Å². The van der Waals surface area contributed by atoms with Crippen molar-refractivity contribution < 1.29 is 29.0 Å². The molecule has 1 aromatic heterocycles. The molecule has 11 nitrogen and oxygen atoms in total. The number of fused-ring (bicyclic) bond motifs is 2. The number of imide groups is 2. The number of carbonyl (C=O) groups excluding carboxylic acids is 4. The zero-order chi connectivity index (χ0) is 38.6. The molecular weight excluding hydrogens is 695 g/mol. The van der Waals surface area contributed by atoms with E-state index in [0.29, 0.717) is 11.5 Å². The van der Waals surface area contributed by atoms with Gasteiger partial charge in [-0.25, -0.2) is 4.90 Å². The molecule has 8 rings (SSSR count). The number of hydrogen-bond donors (Lipinski definition) is 2. The van der Waals surface area contributed by atoms with Crippen molar-refractivity contribution in [2.45, 2.75) is 51.5 Å². The van der Waals surface area contributed by atoms with E-state index < -0.39 is 29.2 Å². The van der Waals surface area contributed by atoms with Crippen LogP contribution in [0.3, 0.4) is 0 Å². The number of aromatic hydroxyl groups is 1. The number of ether oxygens (including phenoxy) is 1. The van der Waals surface area contributed by atoms with Crippen LogP contribution in [-0.4, -0.2) is 48.8 Å². The van der Waals surface area contributed by atoms with E-state index in [2.05, 4.69) is 29.0 Å². The number of benzene rings is 5. The van der Waals surface area contributed by atoms with Gasteiger partial charge in [-0.05, 0) is 89.7 Å². The molecule has 11 heteroatoms. The van der Waals surface area contributed by atoms with Crippen molar-refractivity contribution in [2.75, 3.05) is 4.90 Å². The number of rotatable bonds is 10. The molecule has 0 aliphatic carbocycles. The Kier molecular flexibility index (Phi) is 8.44. The number of carbonyl (C=O) groups is 4. The van der Waals surface area contributed by atoms with Gasteiger partial charge in [0.1, 0.15) is 22.8 Å². The lowest BCUT2D eigenvalue weighted by molar-refractivity contribution is 0.0366. The largest absolute Gasteiger partial charge is 0.508 e. The van der Waals surface area contributed by atoms with Crippen molar-refractivity contribution in [3.8, 4) is 28.4 Å². The number of nitrogens with zero attached hydrogens (tertiary/aromatic N) is 4. The zero-order valence-corrected chi connectivity index (χ0v) is 30.7. The molecule has 4 amide bonds. The summed E-state index contributed by atoms with van der Waals surface area (Å²) in [7, 11) is 0. The number of amides is 4. The fourth-order valence-electron chi connectivity index (χ4n) is 7.59. The molecule has 0 saturated carbocycles. The molecule has 0 saturated heterocycles. The maximum absolute atomic E-state index is 14.2. The van der Waals surface area contributed by atoms with E-state index in [1.807, 2.05) is 80.6 Å². The molecule has 2 aliphatic rings. The van der Waals surface area contributed by atoms with Crippen molar-refractivity contribution in [2.24, 2.45) is 0 Å². The van der Waals surface area contributed by atoms with Gasteiger partial charge in [-0.15, -0.1) is 5.10 Å². The van der Waals surface area contributed by atoms with Gasteiger partial charge in [0.2, 0.25) is 0 Å². The summed E-state index contributed by atoms with van der Waals surface area (Å²) in [6.45, 7) is 7.87. The van der Waals surface area contributed by atoms with Gasteiger partial charge in [0, 0.05) is 5.41 Å². The summed E-state index contributed by atoms with van der Waals surface area (Å²) in [6, 6.07) is 34.2. The second-order valence-electron chi connectivity index (χ2n) is 14.2. The molecule has 5 aromatic carbocycles. The fraction of sp³-hybridized carbons (Fsp3) is 0.182. The first kappa shape index (κ1) is 35.2. The van der Waals surface area contributed by atoms with Gasteiger partial charge in [-0.2, -0.15) is 4.98 Å². The summed E-state index contributed by atoms with van der Waals surface area (Å²) in [4.78, 5) is 62.1. The van der Waals surface area contributed by atoms with E-state index in [1.165, 1.54) is 4.90 Å². The predicted octanol–water partition coefficient (Wildman–Crippen LogP) is 8.41. The van der Waals surface area contributed by atoms with E-state index >= 15 is 0 Å². The smallest absolute Gasteiger partial charge is 0.268 e. The Balaban J connectivity index is 1.03. The first-order valence-electron chi connectivity index (χ1n) is 18.1. The number of aromatic amines is 1. The quantitative estimate of drug-likeness (QED) is 0.134. The van der Waals surface area contributed by atoms with E-state index in [-0.39, 0.29) is 58.0 Å². The van der Waals surface area contributed by atoms with Gasteiger partial charge in [0.05, 0.1) is 22.3 Å². The standard InChI is InChI=1S/C44H37N5O6/c1-5-44(6-2,41-45-42(47-46-41)48-37(51)33-22-12-27(24-35(33)38(48)52)26-10-8-7-9-11-26)49-39(53)34-23-21-32(25-36(34)40(49)54)55-31-19-15-29(16-20-31)43(3,4)28-13-17-30(50)18-14-28/h7-25,50H,5-6H2,1-4H3,(H,45,46,47). The molecule has 2 aliphatic heterocycles. The van der Waals surface area contributed by atoms with E-state index in [1.54, 1.807) is 48.5 Å². The number of phenolic OH excluding ortho intramolecular Hbond substituents is 1. The Morgan fingerprint density at radius 3 is 1.87 bits per heavy atom. The van der Waals surface area contributed by atoms with Crippen molar-refractivity contribution in [3.05, 3.63) is 154 Å². The molecule has 0 spiro atoms. The minimum absolute atomic E-state index is 0.168. The van der Waals surface area contributed by atoms with Crippen LogP contribution in [0.5, 0.6) is 17.2 Å². The van der Waals surface area contributed by atoms with Crippen LogP contribution in [0.1, 0.15) is 98.9 Å². The zero-order valence-electron chi connectivity index (χ0n) is 30.7. The number of aromatic nitrogens is 3. The first-order valence-corrected chi connectivity index (χ1v) is 18.1. The average molecular weight is 732 g/mol. The van der Waals surface area contributed by atoms with E-state index in [9.17, 15) is 24.3 Å². The lowest BCUT2D eigenvalue weighted by atomic mass is 9.78. The van der Waals surface area contributed by atoms with Crippen LogP contribution in [0.15, 0.2) is 115 Å². The summed E-state index contributed by atoms with van der Waals surface area (Å²) in [6.07, 6.45) is 0.560. The second kappa shape index (κ2) is 13.2. The molecular formula is C44H37N5O6. The van der Waals surface area contributed by atoms with Crippen molar-refractivity contribution in [1.82, 2.24) is 20.1 Å². The van der Waals surface area contributed by atoms with Gasteiger partial charge >= 0.3 is 0 Å². The Morgan fingerprint density at radius 1 is 0.636 bits per heavy atom. The van der Waals surface area contributed by atoms with Gasteiger partial charge in [-0.1, -0.05) is 88.4 Å². The number of phenols is 1. The fourth-order valence-corrected chi connectivity index (χ4v) is 7.59. The molecule has 0 radical (unpaired) electrons. The van der Waals surface area contributed by atoms with Crippen LogP contribution < -0.4 is 9.64 Å². The molecule has 6 aromatic rings. The topological polar surface area (TPSA) is 146 Å². The van der Waals surface area contributed by atoms with Crippen LogP contribution >= 0.6 is 0 Å². The molecule has 0 fully saturated rings. The van der Waals surface area contributed by atoms with Gasteiger partial charge in [0.15, 0.2) is 5.82 Å². The van der Waals surface area contributed by atoms with Crippen molar-refractivity contribution in [3.63, 3.8) is 0 Å². The summed E-state index contributed by atoms with van der Waals surface area (Å²) < 4.78 is 6.16. The Labute approximate surface area is 317 Å². The number of nitrogens with one attached hydrogen (secondary N) is 1. The minimum Gasteiger partial charge on any atom is -0.508 e. The maximum atomic E-state index is 14.2. The highest BCUT2D eigenvalue weighted by atomic mass is 16.5. The van der Waals surface area contributed by atoms with E-state index in [4.69, 9.17) is 4.74 Å². The third-order valence-corrected chi connectivity index (χ3v) is 11.0. The lowest BCUT2D eigenvalue weighted by Gasteiger charge is -2.37. The van der Waals surface area contributed by atoms with Crippen LogP contribution in [0, 0.1) is 0 Å². The lowest BCUT2D eigenvalue weighted by Crippen LogP contribution is -2.49. The first-order chi connectivity index (χ1) is 26.5. The monoisotopic (exact) mass is 731 g/mol. The summed E-state index contributed by atoms with van der Waals surface area (Å²) in [5.41, 5.74) is 3.07. The molecule has 3 heterocycles. The summed E-state index contributed by atoms with van der Waals surface area (Å²) in [5, 5.41) is 16.8. The van der Waals surface area contributed by atoms with Crippen molar-refractivity contribution in [1.29, 1.82) is 0 Å². The number of anilines is 1. The van der Waals surface area contributed by atoms with E-state index in [0.717, 1.165) is 27.2 Å². The highest BCUT2D eigenvalue weighted by Crippen LogP contribution is 2.42. The molecule has 0 unspecified atom stereocenters. The van der Waals surface area contributed by atoms with Crippen LogP contribution in [0.2, 0.25) is 0 Å².